The van der Waals surface area contributed by atoms with E-state index >= 15 is 0 Å². The molecular formula is C17H26N2O4S. The van der Waals surface area contributed by atoms with Crippen LogP contribution in [0, 0.1) is 0 Å². The Bertz CT molecular complexity index is 658. The second kappa shape index (κ2) is 7.63. The molecule has 1 aliphatic heterocycles. The summed E-state index contributed by atoms with van der Waals surface area (Å²) in [5.41, 5.74) is 0.495. The predicted molar refractivity (Wildman–Crippen MR) is 92.5 cm³/mol. The van der Waals surface area contributed by atoms with E-state index in [0.29, 0.717) is 31.7 Å². The highest BCUT2D eigenvalue weighted by atomic mass is 32.2. The summed E-state index contributed by atoms with van der Waals surface area (Å²) in [6, 6.07) is 6.19. The van der Waals surface area contributed by atoms with Gasteiger partial charge in [0.25, 0.3) is 5.91 Å². The number of rotatable bonds is 5. The van der Waals surface area contributed by atoms with Crippen LogP contribution >= 0.6 is 0 Å². The zero-order valence-corrected chi connectivity index (χ0v) is 15.5. The molecule has 6 nitrogen and oxygen atoms in total. The van der Waals surface area contributed by atoms with Crippen LogP contribution in [0.4, 0.5) is 0 Å². The molecule has 0 aliphatic carbocycles. The maximum absolute atomic E-state index is 12.6. The first-order valence-corrected chi connectivity index (χ1v) is 9.78. The van der Waals surface area contributed by atoms with Gasteiger partial charge in [-0.3, -0.25) is 4.79 Å². The number of sulfonamides is 1. The third-order valence-electron chi connectivity index (χ3n) is 4.15. The number of hydrogen-bond acceptors (Lipinski definition) is 4. The van der Waals surface area contributed by atoms with E-state index in [-0.39, 0.29) is 23.0 Å². The monoisotopic (exact) mass is 354 g/mol. The Morgan fingerprint density at radius 3 is 2.08 bits per heavy atom. The highest BCUT2D eigenvalue weighted by Crippen LogP contribution is 2.19. The number of nitrogens with zero attached hydrogens (tertiary/aromatic N) is 2. The van der Waals surface area contributed by atoms with Crippen LogP contribution in [0.2, 0.25) is 0 Å². The first-order chi connectivity index (χ1) is 11.3. The number of ether oxygens (including phenoxy) is 1. The molecule has 2 atom stereocenters. The van der Waals surface area contributed by atoms with E-state index < -0.39 is 10.0 Å². The summed E-state index contributed by atoms with van der Waals surface area (Å²) >= 11 is 0. The van der Waals surface area contributed by atoms with Gasteiger partial charge in [-0.1, -0.05) is 13.8 Å². The van der Waals surface area contributed by atoms with Crippen molar-refractivity contribution >= 4 is 15.9 Å². The molecule has 0 unspecified atom stereocenters. The Kier molecular flexibility index (Phi) is 6.01. The Hall–Kier alpha value is -1.44. The molecule has 1 aromatic carbocycles. The minimum atomic E-state index is -3.50. The molecule has 0 saturated carbocycles. The fourth-order valence-electron chi connectivity index (χ4n) is 3.01. The van der Waals surface area contributed by atoms with Gasteiger partial charge in [-0.15, -0.1) is 0 Å². The molecule has 0 spiro atoms. The number of carbonyl (C=O) groups excluding carboxylic acids is 1. The van der Waals surface area contributed by atoms with Gasteiger partial charge in [0.1, 0.15) is 0 Å². The largest absolute Gasteiger partial charge is 0.372 e. The van der Waals surface area contributed by atoms with Gasteiger partial charge < -0.3 is 9.64 Å². The average molecular weight is 354 g/mol. The Morgan fingerprint density at radius 2 is 1.62 bits per heavy atom. The fraction of sp³-hybridized carbons (Fsp3) is 0.588. The maximum Gasteiger partial charge on any atom is 0.254 e. The molecular weight excluding hydrogens is 328 g/mol. The minimum Gasteiger partial charge on any atom is -0.372 e. The smallest absolute Gasteiger partial charge is 0.254 e. The Balaban J connectivity index is 2.18. The van der Waals surface area contributed by atoms with Gasteiger partial charge in [-0.05, 0) is 38.1 Å². The summed E-state index contributed by atoms with van der Waals surface area (Å²) in [4.78, 5) is 14.6. The van der Waals surface area contributed by atoms with Crippen LogP contribution in [0.5, 0.6) is 0 Å². The fourth-order valence-corrected chi connectivity index (χ4v) is 4.47. The molecule has 0 N–H and O–H groups in total. The van der Waals surface area contributed by atoms with E-state index in [1.807, 2.05) is 13.8 Å². The summed E-state index contributed by atoms with van der Waals surface area (Å²) < 4.78 is 32.0. The lowest BCUT2D eigenvalue weighted by Crippen LogP contribution is -2.48. The predicted octanol–water partition coefficient (Wildman–Crippen LogP) is 1.97. The third-order valence-corrected chi connectivity index (χ3v) is 6.22. The second-order valence-corrected chi connectivity index (χ2v) is 8.02. The van der Waals surface area contributed by atoms with Crippen molar-refractivity contribution in [3.63, 3.8) is 0 Å². The van der Waals surface area contributed by atoms with Crippen molar-refractivity contribution in [2.24, 2.45) is 0 Å². The van der Waals surface area contributed by atoms with Gasteiger partial charge in [-0.2, -0.15) is 4.31 Å². The molecule has 1 fully saturated rings. The molecule has 7 heteroatoms. The van der Waals surface area contributed by atoms with Crippen molar-refractivity contribution in [3.8, 4) is 0 Å². The molecule has 2 rings (SSSR count). The van der Waals surface area contributed by atoms with Crippen molar-refractivity contribution in [2.45, 2.75) is 44.8 Å². The van der Waals surface area contributed by atoms with Crippen LogP contribution in [0.25, 0.3) is 0 Å². The van der Waals surface area contributed by atoms with Gasteiger partial charge in [0.05, 0.1) is 17.1 Å². The molecule has 1 aliphatic rings. The minimum absolute atomic E-state index is 0.0000163. The third kappa shape index (κ3) is 3.96. The van der Waals surface area contributed by atoms with E-state index in [0.717, 1.165) is 0 Å². The van der Waals surface area contributed by atoms with Crippen LogP contribution < -0.4 is 0 Å². The molecule has 0 bridgehead atoms. The van der Waals surface area contributed by atoms with Crippen molar-refractivity contribution < 1.29 is 17.9 Å². The topological polar surface area (TPSA) is 66.9 Å². The Morgan fingerprint density at radius 1 is 1.12 bits per heavy atom. The maximum atomic E-state index is 12.6. The summed E-state index contributed by atoms with van der Waals surface area (Å²) in [6.45, 7) is 9.42. The SMILES string of the molecule is CCN(CC)S(=O)(=O)c1ccc(C(=O)N2C[C@H](C)O[C@@H](C)C2)cc1. The molecule has 1 saturated heterocycles. The normalized spacial score (nSPS) is 22.0. The van der Waals surface area contributed by atoms with Crippen molar-refractivity contribution in [3.05, 3.63) is 29.8 Å². The lowest BCUT2D eigenvalue weighted by atomic mass is 10.1. The van der Waals surface area contributed by atoms with Crippen LogP contribution in [0.3, 0.4) is 0 Å². The first kappa shape index (κ1) is 18.9. The first-order valence-electron chi connectivity index (χ1n) is 8.34. The highest BCUT2D eigenvalue weighted by molar-refractivity contribution is 7.89. The molecule has 1 heterocycles. The molecule has 1 amide bonds. The van der Waals surface area contributed by atoms with Crippen LogP contribution in [0.15, 0.2) is 29.2 Å². The lowest BCUT2D eigenvalue weighted by molar-refractivity contribution is -0.0586. The van der Waals surface area contributed by atoms with Gasteiger partial charge in [0.15, 0.2) is 0 Å². The zero-order valence-electron chi connectivity index (χ0n) is 14.7. The molecule has 0 radical (unpaired) electrons. The van der Waals surface area contributed by atoms with Crippen molar-refractivity contribution in [2.75, 3.05) is 26.2 Å². The van der Waals surface area contributed by atoms with Gasteiger partial charge in [-0.25, -0.2) is 8.42 Å². The number of hydrogen-bond donors (Lipinski definition) is 0. The molecule has 0 aromatic heterocycles. The summed E-state index contributed by atoms with van der Waals surface area (Å²) in [5.74, 6) is -0.0937. The molecule has 24 heavy (non-hydrogen) atoms. The number of benzene rings is 1. The van der Waals surface area contributed by atoms with Gasteiger partial charge in [0, 0.05) is 31.7 Å². The Labute approximate surface area is 144 Å². The summed E-state index contributed by atoms with van der Waals surface area (Å²) in [7, 11) is -3.50. The second-order valence-electron chi connectivity index (χ2n) is 6.08. The number of amides is 1. The van der Waals surface area contributed by atoms with Crippen molar-refractivity contribution in [1.29, 1.82) is 0 Å². The number of morpholine rings is 1. The summed E-state index contributed by atoms with van der Waals surface area (Å²) in [6.07, 6.45) is 0.0000326. The summed E-state index contributed by atoms with van der Waals surface area (Å²) in [5, 5.41) is 0. The van der Waals surface area contributed by atoms with Gasteiger partial charge >= 0.3 is 0 Å². The van der Waals surface area contributed by atoms with E-state index in [9.17, 15) is 13.2 Å². The zero-order chi connectivity index (χ0) is 17.9. The number of carbonyl (C=O) groups is 1. The van der Waals surface area contributed by atoms with Gasteiger partial charge in [0.2, 0.25) is 10.0 Å². The molecule has 1 aromatic rings. The van der Waals surface area contributed by atoms with E-state index in [2.05, 4.69) is 0 Å². The molecule has 134 valence electrons. The average Bonchev–Trinajstić information content (AvgIpc) is 2.54. The van der Waals surface area contributed by atoms with Crippen molar-refractivity contribution in [1.82, 2.24) is 9.21 Å². The standard InChI is InChI=1S/C17H26N2O4S/c1-5-19(6-2)24(21,22)16-9-7-15(8-10-16)17(20)18-11-13(3)23-14(4)12-18/h7-10,13-14H,5-6,11-12H2,1-4H3/t13-,14-/m0/s1. The van der Waals surface area contributed by atoms with E-state index in [1.165, 1.54) is 16.4 Å². The van der Waals surface area contributed by atoms with E-state index in [1.54, 1.807) is 30.9 Å². The van der Waals surface area contributed by atoms with Crippen LogP contribution in [-0.4, -0.2) is 61.9 Å². The lowest BCUT2D eigenvalue weighted by Gasteiger charge is -2.35. The van der Waals surface area contributed by atoms with Crippen LogP contribution in [0.1, 0.15) is 38.1 Å². The quantitative estimate of drug-likeness (QED) is 0.811. The van der Waals surface area contributed by atoms with E-state index in [4.69, 9.17) is 4.74 Å². The van der Waals surface area contributed by atoms with Crippen LogP contribution in [-0.2, 0) is 14.8 Å². The highest BCUT2D eigenvalue weighted by Gasteiger charge is 2.27.